The second-order valence-electron chi connectivity index (χ2n) is 6.29. The molecule has 0 saturated carbocycles. The number of thioether (sulfide) groups is 1. The number of unbranched alkanes of at least 4 members (excludes halogenated alkanes) is 3. The fourth-order valence-corrected chi connectivity index (χ4v) is 3.98. The van der Waals surface area contributed by atoms with Crippen molar-refractivity contribution in [3.63, 3.8) is 0 Å². The minimum absolute atomic E-state index is 0.0734. The number of carbonyl (C=O) groups excluding carboxylic acids is 1. The second-order valence-corrected chi connectivity index (χ2v) is 7.43. The van der Waals surface area contributed by atoms with Gasteiger partial charge in [0, 0.05) is 16.3 Å². The first-order chi connectivity index (χ1) is 12.8. The highest BCUT2D eigenvalue weighted by Crippen LogP contribution is 2.34. The molecule has 3 heteroatoms. The van der Waals surface area contributed by atoms with E-state index in [2.05, 4.69) is 19.1 Å². The minimum atomic E-state index is -0.0734. The maximum absolute atomic E-state index is 10.3. The molecule has 0 spiro atoms. The zero-order valence-electron chi connectivity index (χ0n) is 15.2. The van der Waals surface area contributed by atoms with Crippen LogP contribution in [-0.4, -0.2) is 16.5 Å². The molecule has 3 rings (SSSR count). The molecule has 134 valence electrons. The lowest BCUT2D eigenvalue weighted by molar-refractivity contribution is 0.473. The van der Waals surface area contributed by atoms with Gasteiger partial charge in [-0.15, -0.1) is 11.8 Å². The molecule has 0 aliphatic heterocycles. The van der Waals surface area contributed by atoms with Gasteiger partial charge in [-0.1, -0.05) is 62.6 Å². The average molecular weight is 366 g/mol. The van der Waals surface area contributed by atoms with Crippen LogP contribution < -0.4 is 4.74 Å². The van der Waals surface area contributed by atoms with Crippen molar-refractivity contribution in [3.8, 4) is 5.75 Å². The van der Waals surface area contributed by atoms with Gasteiger partial charge in [-0.2, -0.15) is 0 Å². The number of benzene rings is 3. The monoisotopic (exact) mass is 365 g/mol. The van der Waals surface area contributed by atoms with Crippen LogP contribution in [0.5, 0.6) is 5.75 Å². The Kier molecular flexibility index (Phi) is 6.73. The first kappa shape index (κ1) is 18.5. The molecule has 0 amide bonds. The molecule has 3 aromatic rings. The summed E-state index contributed by atoms with van der Waals surface area (Å²) >= 11 is 1.90. The summed E-state index contributed by atoms with van der Waals surface area (Å²) in [5.74, 6) is 1.74. The topological polar surface area (TPSA) is 30.6 Å². The molecule has 2 nitrogen and oxygen atoms in total. The average Bonchev–Trinajstić information content (AvgIpc) is 2.70. The summed E-state index contributed by atoms with van der Waals surface area (Å²) in [6.07, 6.45) is 5.11. The number of hydrogen-bond donors (Lipinski definition) is 0. The molecule has 0 bridgehead atoms. The maximum Gasteiger partial charge on any atom is 0.523 e. The van der Waals surface area contributed by atoms with E-state index in [0.29, 0.717) is 11.3 Å². The Balaban J connectivity index is 1.78. The molecule has 0 unspecified atom stereocenters. The van der Waals surface area contributed by atoms with Gasteiger partial charge in [0.25, 0.3) is 5.75 Å². The van der Waals surface area contributed by atoms with Gasteiger partial charge in [0.05, 0.1) is 5.39 Å². The third-order valence-corrected chi connectivity index (χ3v) is 5.49. The van der Waals surface area contributed by atoms with Crippen molar-refractivity contribution in [3.05, 3.63) is 72.3 Å². The summed E-state index contributed by atoms with van der Waals surface area (Å²) in [4.78, 5) is 11.6. The van der Waals surface area contributed by atoms with Crippen molar-refractivity contribution in [1.29, 1.82) is 0 Å². The van der Waals surface area contributed by atoms with E-state index in [0.717, 1.165) is 11.1 Å². The predicted octanol–water partition coefficient (Wildman–Crippen LogP) is 6.44. The van der Waals surface area contributed by atoms with Gasteiger partial charge in [-0.25, -0.2) is 0 Å². The molecule has 0 aromatic heterocycles. The van der Waals surface area contributed by atoms with E-state index in [1.807, 2.05) is 66.4 Å². The normalized spacial score (nSPS) is 10.8. The zero-order valence-corrected chi connectivity index (χ0v) is 16.0. The molecule has 0 radical (unpaired) electrons. The molecule has 1 N–H and O–H groups in total. The Morgan fingerprint density at radius 3 is 2.35 bits per heavy atom. The van der Waals surface area contributed by atoms with Crippen molar-refractivity contribution in [2.75, 3.05) is 5.75 Å². The summed E-state index contributed by atoms with van der Waals surface area (Å²) in [6.45, 7) is 2.24. The van der Waals surface area contributed by atoms with Crippen molar-refractivity contribution in [2.24, 2.45) is 0 Å². The fourth-order valence-electron chi connectivity index (χ4n) is 2.91. The number of fused-ring (bicyclic) bond motifs is 1. The van der Waals surface area contributed by atoms with Crippen molar-refractivity contribution in [1.82, 2.24) is 0 Å². The molecular formula is C23H25O2S+. The van der Waals surface area contributed by atoms with Crippen molar-refractivity contribution in [2.45, 2.75) is 37.5 Å². The Hall–Kier alpha value is -2.26. The molecule has 0 fully saturated rings. The van der Waals surface area contributed by atoms with Crippen LogP contribution >= 0.6 is 11.8 Å². The molecule has 0 aliphatic rings. The summed E-state index contributed by atoms with van der Waals surface area (Å²) in [5, 5.41) is 2.19. The molecular weight excluding hydrogens is 340 g/mol. The minimum Gasteiger partial charge on any atom is -0.335 e. The highest BCUT2D eigenvalue weighted by molar-refractivity contribution is 7.99. The largest absolute Gasteiger partial charge is 0.523 e. The van der Waals surface area contributed by atoms with Gasteiger partial charge in [0.15, 0.2) is 0 Å². The van der Waals surface area contributed by atoms with Crippen LogP contribution in [0.1, 0.15) is 38.2 Å². The van der Waals surface area contributed by atoms with Crippen molar-refractivity contribution >= 4 is 28.5 Å². The van der Waals surface area contributed by atoms with E-state index in [1.165, 1.54) is 36.0 Å². The summed E-state index contributed by atoms with van der Waals surface area (Å²) < 4.78 is 5.79. The first-order valence-electron chi connectivity index (χ1n) is 9.23. The van der Waals surface area contributed by atoms with Crippen LogP contribution in [0.3, 0.4) is 0 Å². The van der Waals surface area contributed by atoms with Crippen LogP contribution in [-0.2, 0) is 0 Å². The lowest BCUT2D eigenvalue weighted by Crippen LogP contribution is -2.10. The molecule has 3 aromatic carbocycles. The van der Waals surface area contributed by atoms with Crippen LogP contribution in [0.15, 0.2) is 71.6 Å². The van der Waals surface area contributed by atoms with Crippen LogP contribution in [0.2, 0.25) is 0 Å². The zero-order chi connectivity index (χ0) is 18.2. The second kappa shape index (κ2) is 9.44. The lowest BCUT2D eigenvalue weighted by atomic mass is 10.1. The molecule has 0 heterocycles. The van der Waals surface area contributed by atoms with Gasteiger partial charge >= 0.3 is 5.97 Å². The Labute approximate surface area is 159 Å². The third-order valence-electron chi connectivity index (χ3n) is 4.33. The van der Waals surface area contributed by atoms with E-state index >= 15 is 0 Å². The Bertz CT molecular complexity index is 858. The van der Waals surface area contributed by atoms with Crippen LogP contribution in [0.4, 0.5) is 0 Å². The number of hydrogen-bond acceptors (Lipinski definition) is 2. The Morgan fingerprint density at radius 2 is 1.58 bits per heavy atom. The van der Waals surface area contributed by atoms with E-state index in [-0.39, 0.29) is 5.97 Å². The Morgan fingerprint density at radius 1 is 0.846 bits per heavy atom. The summed E-state index contributed by atoms with van der Waals surface area (Å²) in [7, 11) is 0. The number of esters is 1. The van der Waals surface area contributed by atoms with Crippen LogP contribution in [0, 0.1) is 0 Å². The number of rotatable bonds is 8. The molecule has 0 atom stereocenters. The van der Waals surface area contributed by atoms with Crippen LogP contribution in [0.25, 0.3) is 10.8 Å². The molecule has 26 heavy (non-hydrogen) atoms. The van der Waals surface area contributed by atoms with Gasteiger partial charge in [-0.05, 0) is 36.4 Å². The highest BCUT2D eigenvalue weighted by atomic mass is 32.2. The van der Waals surface area contributed by atoms with Gasteiger partial charge in [0.2, 0.25) is 0 Å². The van der Waals surface area contributed by atoms with E-state index in [1.54, 1.807) is 0 Å². The maximum atomic E-state index is 10.3. The van der Waals surface area contributed by atoms with Crippen molar-refractivity contribution < 1.29 is 9.53 Å². The summed E-state index contributed by atoms with van der Waals surface area (Å²) in [6, 6.07) is 21.6. The first-order valence-corrected chi connectivity index (χ1v) is 10.2. The van der Waals surface area contributed by atoms with Gasteiger partial charge in [0.1, 0.15) is 5.56 Å². The third kappa shape index (κ3) is 4.67. The predicted molar refractivity (Wildman–Crippen MR) is 112 cm³/mol. The highest BCUT2D eigenvalue weighted by Gasteiger charge is 2.20. The van der Waals surface area contributed by atoms with E-state index in [4.69, 9.17) is 4.74 Å². The lowest BCUT2D eigenvalue weighted by Gasteiger charge is -2.07. The van der Waals surface area contributed by atoms with Gasteiger partial charge in [-0.3, -0.25) is 4.74 Å². The van der Waals surface area contributed by atoms with E-state index < -0.39 is 0 Å². The van der Waals surface area contributed by atoms with E-state index in [9.17, 15) is 4.79 Å². The van der Waals surface area contributed by atoms with Gasteiger partial charge < -0.3 is 4.79 Å². The standard InChI is InChI=1S/C23H24O2S/c1-2-3-4-10-17-26-22-16-15-21(19-13-8-9-14-20(19)22)25-23(24)18-11-6-5-7-12-18/h5-9,11-16H,2-4,10,17H2,1H3/p+1. The molecule has 0 saturated heterocycles. The SMILES string of the molecule is CCCCCCSc1ccc(OC(=[OH+])c2ccccc2)c2ccccc12. The fraction of sp³-hybridized carbons (Fsp3) is 0.261. The number of ether oxygens (including phenoxy) is 1. The smallest absolute Gasteiger partial charge is 0.335 e. The quantitative estimate of drug-likeness (QED) is 0.151. The molecule has 0 aliphatic carbocycles. The summed E-state index contributed by atoms with van der Waals surface area (Å²) in [5.41, 5.74) is 0.672.